The molecule has 140 valence electrons. The Morgan fingerprint density at radius 2 is 2.08 bits per heavy atom. The minimum absolute atomic E-state index is 0.0514. The number of benzene rings is 1. The number of rotatable bonds is 4. The number of likely N-dealkylation sites (tertiary alicyclic amines) is 1. The quantitative estimate of drug-likeness (QED) is 0.883. The number of halogens is 1. The molecule has 0 unspecified atom stereocenters. The molecule has 0 radical (unpaired) electrons. The molecule has 25 heavy (non-hydrogen) atoms. The normalized spacial score (nSPS) is 24.5. The van der Waals surface area contributed by atoms with Crippen LogP contribution in [0, 0.1) is 12.7 Å². The van der Waals surface area contributed by atoms with E-state index in [0.29, 0.717) is 26.0 Å². The molecule has 0 aromatic heterocycles. The zero-order valence-corrected chi connectivity index (χ0v) is 15.7. The van der Waals surface area contributed by atoms with Gasteiger partial charge in [0, 0.05) is 37.8 Å². The van der Waals surface area contributed by atoms with E-state index in [2.05, 4.69) is 9.62 Å². The lowest BCUT2D eigenvalue weighted by Crippen LogP contribution is -2.53. The number of aryl methyl sites for hydroxylation is 1. The van der Waals surface area contributed by atoms with Crippen LogP contribution in [0.25, 0.3) is 0 Å². The third-order valence-corrected chi connectivity index (χ3v) is 6.00. The maximum atomic E-state index is 14.0. The Labute approximate surface area is 149 Å². The fraction of sp³-hybridized carbons (Fsp3) is 0.667. The number of nitrogens with one attached hydrogen (secondary N) is 1. The van der Waals surface area contributed by atoms with Crippen molar-refractivity contribution in [2.75, 3.05) is 26.0 Å². The van der Waals surface area contributed by atoms with E-state index in [0.717, 1.165) is 37.1 Å². The predicted molar refractivity (Wildman–Crippen MR) is 95.3 cm³/mol. The second-order valence-electron chi connectivity index (χ2n) is 7.48. The Kier molecular flexibility index (Phi) is 5.48. The second-order valence-corrected chi connectivity index (χ2v) is 9.26. The molecule has 1 aromatic carbocycles. The van der Waals surface area contributed by atoms with Crippen molar-refractivity contribution in [3.05, 3.63) is 35.1 Å². The van der Waals surface area contributed by atoms with Crippen LogP contribution in [0.3, 0.4) is 0 Å². The van der Waals surface area contributed by atoms with Crippen molar-refractivity contribution in [2.45, 2.75) is 50.8 Å². The van der Waals surface area contributed by atoms with Gasteiger partial charge in [0.2, 0.25) is 10.0 Å². The van der Waals surface area contributed by atoms with Gasteiger partial charge in [-0.25, -0.2) is 17.5 Å². The van der Waals surface area contributed by atoms with Crippen molar-refractivity contribution >= 4 is 10.0 Å². The fourth-order valence-corrected chi connectivity index (χ4v) is 4.77. The van der Waals surface area contributed by atoms with Crippen LogP contribution in [0.2, 0.25) is 0 Å². The smallest absolute Gasteiger partial charge is 0.208 e. The van der Waals surface area contributed by atoms with Crippen molar-refractivity contribution in [1.29, 1.82) is 0 Å². The monoisotopic (exact) mass is 370 g/mol. The lowest BCUT2D eigenvalue weighted by atomic mass is 9.82. The first-order valence-electron chi connectivity index (χ1n) is 8.83. The molecule has 7 heteroatoms. The summed E-state index contributed by atoms with van der Waals surface area (Å²) in [5.74, 6) is -0.155. The first kappa shape index (κ1) is 18.8. The highest BCUT2D eigenvalue weighted by atomic mass is 32.2. The maximum Gasteiger partial charge on any atom is 0.208 e. The Morgan fingerprint density at radius 1 is 1.36 bits per heavy atom. The summed E-state index contributed by atoms with van der Waals surface area (Å²) >= 11 is 0. The molecular weight excluding hydrogens is 343 g/mol. The molecule has 1 atom stereocenters. The summed E-state index contributed by atoms with van der Waals surface area (Å²) in [5.41, 5.74) is 1.55. The Hall–Kier alpha value is -1.02. The SMILES string of the molecule is Cc1ccc(F)c(CN2CCC3(CC2)C[C@H](NS(C)(=O)=O)CCO3)c1. The zero-order chi connectivity index (χ0) is 18.1. The predicted octanol–water partition coefficient (Wildman–Crippen LogP) is 2.20. The largest absolute Gasteiger partial charge is 0.375 e. The van der Waals surface area contributed by atoms with Crippen LogP contribution >= 0.6 is 0 Å². The highest BCUT2D eigenvalue weighted by Crippen LogP contribution is 2.35. The van der Waals surface area contributed by atoms with Crippen LogP contribution in [-0.2, 0) is 21.3 Å². The van der Waals surface area contributed by atoms with Crippen LogP contribution in [0.5, 0.6) is 0 Å². The Bertz CT molecular complexity index is 715. The summed E-state index contributed by atoms with van der Waals surface area (Å²) in [6.45, 7) is 4.82. The van der Waals surface area contributed by atoms with Gasteiger partial charge in [0.05, 0.1) is 11.9 Å². The average molecular weight is 370 g/mol. The van der Waals surface area contributed by atoms with Crippen LogP contribution in [0.1, 0.15) is 36.8 Å². The minimum Gasteiger partial charge on any atom is -0.375 e. The van der Waals surface area contributed by atoms with Crippen LogP contribution < -0.4 is 4.72 Å². The average Bonchev–Trinajstić information content (AvgIpc) is 2.52. The molecule has 2 fully saturated rings. The topological polar surface area (TPSA) is 58.6 Å². The standard InChI is InChI=1S/C18H27FN2O3S/c1-14-3-4-17(19)15(11-14)13-21-8-6-18(7-9-21)12-16(5-10-24-18)20-25(2,22)23/h3-4,11,16,20H,5-10,12-13H2,1-2H3/t16-/m1/s1. The molecule has 2 heterocycles. The molecule has 1 spiro atoms. The number of ether oxygens (including phenoxy) is 1. The summed E-state index contributed by atoms with van der Waals surface area (Å²) < 4.78 is 45.7. The highest BCUT2D eigenvalue weighted by Gasteiger charge is 2.40. The van der Waals surface area contributed by atoms with Gasteiger partial charge in [0.15, 0.2) is 0 Å². The molecule has 0 amide bonds. The van der Waals surface area contributed by atoms with E-state index in [4.69, 9.17) is 4.74 Å². The van der Waals surface area contributed by atoms with Gasteiger partial charge in [0.25, 0.3) is 0 Å². The first-order chi connectivity index (χ1) is 11.7. The van der Waals surface area contributed by atoms with E-state index in [9.17, 15) is 12.8 Å². The molecule has 1 N–H and O–H groups in total. The number of hydrogen-bond acceptors (Lipinski definition) is 4. The zero-order valence-electron chi connectivity index (χ0n) is 14.9. The van der Waals surface area contributed by atoms with Crippen LogP contribution in [0.15, 0.2) is 18.2 Å². The second kappa shape index (κ2) is 7.31. The van der Waals surface area contributed by atoms with Gasteiger partial charge in [-0.1, -0.05) is 17.7 Å². The first-order valence-corrected chi connectivity index (χ1v) is 10.7. The molecule has 3 rings (SSSR count). The molecule has 2 aliphatic heterocycles. The van der Waals surface area contributed by atoms with E-state index >= 15 is 0 Å². The van der Waals surface area contributed by atoms with Gasteiger partial charge in [0.1, 0.15) is 5.82 Å². The third kappa shape index (κ3) is 5.00. The molecule has 2 saturated heterocycles. The van der Waals surface area contributed by atoms with Gasteiger partial charge >= 0.3 is 0 Å². The van der Waals surface area contributed by atoms with E-state index in [-0.39, 0.29) is 17.5 Å². The molecular formula is C18H27FN2O3S. The third-order valence-electron chi connectivity index (χ3n) is 5.24. The number of sulfonamides is 1. The van der Waals surface area contributed by atoms with Gasteiger partial charge in [-0.15, -0.1) is 0 Å². The summed E-state index contributed by atoms with van der Waals surface area (Å²) in [5, 5.41) is 0. The molecule has 0 aliphatic carbocycles. The Balaban J connectivity index is 1.58. The van der Waals surface area contributed by atoms with Gasteiger partial charge < -0.3 is 4.74 Å². The fourth-order valence-electron chi connectivity index (χ4n) is 3.96. The van der Waals surface area contributed by atoms with E-state index in [1.165, 1.54) is 12.3 Å². The van der Waals surface area contributed by atoms with Crippen molar-refractivity contribution < 1.29 is 17.5 Å². The highest BCUT2D eigenvalue weighted by molar-refractivity contribution is 7.88. The molecule has 1 aromatic rings. The number of hydrogen-bond donors (Lipinski definition) is 1. The van der Waals surface area contributed by atoms with Crippen molar-refractivity contribution in [2.24, 2.45) is 0 Å². The van der Waals surface area contributed by atoms with E-state index < -0.39 is 10.0 Å². The van der Waals surface area contributed by atoms with Crippen molar-refractivity contribution in [3.63, 3.8) is 0 Å². The maximum absolute atomic E-state index is 14.0. The summed E-state index contributed by atoms with van der Waals surface area (Å²) in [4.78, 5) is 2.25. The molecule has 0 saturated carbocycles. The summed E-state index contributed by atoms with van der Waals surface area (Å²) in [7, 11) is -3.20. The minimum atomic E-state index is -3.20. The van der Waals surface area contributed by atoms with Gasteiger partial charge in [-0.2, -0.15) is 0 Å². The lowest BCUT2D eigenvalue weighted by molar-refractivity contribution is -0.118. The summed E-state index contributed by atoms with van der Waals surface area (Å²) in [6.07, 6.45) is 4.33. The van der Waals surface area contributed by atoms with Crippen LogP contribution in [-0.4, -0.2) is 50.9 Å². The molecule has 5 nitrogen and oxygen atoms in total. The van der Waals surface area contributed by atoms with E-state index in [1.807, 2.05) is 13.0 Å². The molecule has 0 bridgehead atoms. The summed E-state index contributed by atoms with van der Waals surface area (Å²) in [6, 6.07) is 5.17. The van der Waals surface area contributed by atoms with Crippen LogP contribution in [0.4, 0.5) is 4.39 Å². The van der Waals surface area contributed by atoms with E-state index in [1.54, 1.807) is 6.07 Å². The number of piperidine rings is 1. The van der Waals surface area contributed by atoms with Gasteiger partial charge in [-0.3, -0.25) is 4.90 Å². The van der Waals surface area contributed by atoms with Gasteiger partial charge in [-0.05, 0) is 38.7 Å². The number of nitrogens with zero attached hydrogens (tertiary/aromatic N) is 1. The van der Waals surface area contributed by atoms with Crippen molar-refractivity contribution in [1.82, 2.24) is 9.62 Å². The lowest BCUT2D eigenvalue weighted by Gasteiger charge is -2.46. The van der Waals surface area contributed by atoms with Crippen molar-refractivity contribution in [3.8, 4) is 0 Å². The Morgan fingerprint density at radius 3 is 2.76 bits per heavy atom. The molecule has 2 aliphatic rings.